The second-order valence-corrected chi connectivity index (χ2v) is 3.80. The second kappa shape index (κ2) is 5.44. The summed E-state index contributed by atoms with van der Waals surface area (Å²) in [6.07, 6.45) is 6.01. The molecule has 7 heteroatoms. The van der Waals surface area contributed by atoms with Crippen LogP contribution in [0.5, 0.6) is 6.01 Å². The van der Waals surface area contributed by atoms with E-state index in [1.165, 1.54) is 0 Å². The zero-order valence-corrected chi connectivity index (χ0v) is 10.7. The fourth-order valence-corrected chi connectivity index (χ4v) is 1.27. The lowest BCUT2D eigenvalue weighted by molar-refractivity contribution is 0.199. The van der Waals surface area contributed by atoms with Crippen molar-refractivity contribution in [2.24, 2.45) is 0 Å². The van der Waals surface area contributed by atoms with Gasteiger partial charge >= 0.3 is 6.01 Å². The minimum absolute atomic E-state index is 0.0627. The molecule has 1 unspecified atom stereocenters. The minimum atomic E-state index is 0.0627. The predicted molar refractivity (Wildman–Crippen MR) is 66.9 cm³/mol. The van der Waals surface area contributed by atoms with Crippen molar-refractivity contribution >= 4 is 5.95 Å². The van der Waals surface area contributed by atoms with Crippen molar-refractivity contribution in [1.29, 1.82) is 0 Å². The van der Waals surface area contributed by atoms with Crippen LogP contribution in [-0.2, 0) is 0 Å². The summed E-state index contributed by atoms with van der Waals surface area (Å²) in [4.78, 5) is 16.6. The third-order valence-corrected chi connectivity index (χ3v) is 2.44. The number of hydrogen-bond acceptors (Lipinski definition) is 6. The number of hydrogen-bond donors (Lipinski definition) is 1. The van der Waals surface area contributed by atoms with Gasteiger partial charge in [0.1, 0.15) is 6.33 Å². The smallest absolute Gasteiger partial charge is 0.323 e. The van der Waals surface area contributed by atoms with E-state index in [1.54, 1.807) is 30.3 Å². The summed E-state index contributed by atoms with van der Waals surface area (Å²) >= 11 is 0. The molecule has 1 atom stereocenters. The number of aromatic nitrogens is 5. The highest BCUT2D eigenvalue weighted by atomic mass is 16.5. The molecule has 0 saturated carbocycles. The monoisotopic (exact) mass is 248 g/mol. The fourth-order valence-electron chi connectivity index (χ4n) is 1.27. The first-order chi connectivity index (χ1) is 8.72. The third kappa shape index (κ3) is 2.73. The first kappa shape index (κ1) is 12.3. The molecule has 0 aromatic carbocycles. The molecule has 0 aliphatic rings. The van der Waals surface area contributed by atoms with Crippen LogP contribution in [-0.4, -0.2) is 37.7 Å². The van der Waals surface area contributed by atoms with E-state index < -0.39 is 0 Å². The van der Waals surface area contributed by atoms with Gasteiger partial charge in [0.25, 0.3) is 0 Å². The number of imidazole rings is 1. The van der Waals surface area contributed by atoms with E-state index in [2.05, 4.69) is 25.3 Å². The zero-order chi connectivity index (χ0) is 13.0. The van der Waals surface area contributed by atoms with Crippen molar-refractivity contribution in [3.05, 3.63) is 18.7 Å². The minimum Gasteiger partial charge on any atom is -0.460 e. The average molecular weight is 248 g/mol. The van der Waals surface area contributed by atoms with Gasteiger partial charge < -0.3 is 10.1 Å². The standard InChI is InChI=1S/C11H16N6O/c1-4-8(2)18-11-15-9(12-3)14-10(16-11)17-6-5-13-7-17/h5-8H,4H2,1-3H3,(H,12,14,15,16). The van der Waals surface area contributed by atoms with Crippen molar-refractivity contribution < 1.29 is 4.74 Å². The van der Waals surface area contributed by atoms with Crippen LogP contribution >= 0.6 is 0 Å². The molecule has 2 aromatic heterocycles. The Hall–Kier alpha value is -2.18. The van der Waals surface area contributed by atoms with E-state index in [1.807, 2.05) is 13.8 Å². The Bertz CT molecular complexity index is 498. The highest BCUT2D eigenvalue weighted by Gasteiger charge is 2.10. The van der Waals surface area contributed by atoms with Gasteiger partial charge in [-0.25, -0.2) is 4.98 Å². The van der Waals surface area contributed by atoms with Gasteiger partial charge in [0.05, 0.1) is 6.10 Å². The van der Waals surface area contributed by atoms with Crippen molar-refractivity contribution in [3.63, 3.8) is 0 Å². The second-order valence-electron chi connectivity index (χ2n) is 3.80. The molecule has 0 aliphatic heterocycles. The highest BCUT2D eigenvalue weighted by molar-refractivity contribution is 5.29. The van der Waals surface area contributed by atoms with E-state index in [4.69, 9.17) is 4.74 Å². The Kier molecular flexibility index (Phi) is 3.71. The molecule has 18 heavy (non-hydrogen) atoms. The summed E-state index contributed by atoms with van der Waals surface area (Å²) in [6, 6.07) is 0.312. The van der Waals surface area contributed by atoms with Crippen molar-refractivity contribution in [1.82, 2.24) is 24.5 Å². The first-order valence-electron chi connectivity index (χ1n) is 5.81. The zero-order valence-electron chi connectivity index (χ0n) is 10.7. The highest BCUT2D eigenvalue weighted by Crippen LogP contribution is 2.12. The van der Waals surface area contributed by atoms with E-state index in [0.29, 0.717) is 17.9 Å². The van der Waals surface area contributed by atoms with Crippen LogP contribution in [0.1, 0.15) is 20.3 Å². The molecular formula is C11H16N6O. The Morgan fingerprint density at radius 1 is 1.39 bits per heavy atom. The summed E-state index contributed by atoms with van der Waals surface area (Å²) in [6.45, 7) is 4.02. The molecule has 0 amide bonds. The van der Waals surface area contributed by atoms with Crippen molar-refractivity contribution in [2.45, 2.75) is 26.4 Å². The van der Waals surface area contributed by atoms with Crippen LogP contribution in [0, 0.1) is 0 Å². The number of ether oxygens (including phenoxy) is 1. The molecular weight excluding hydrogens is 232 g/mol. The topological polar surface area (TPSA) is 77.8 Å². The fraction of sp³-hybridized carbons (Fsp3) is 0.455. The summed E-state index contributed by atoms with van der Waals surface area (Å²) in [5, 5.41) is 2.88. The SMILES string of the molecule is CCC(C)Oc1nc(NC)nc(-n2ccnc2)n1. The lowest BCUT2D eigenvalue weighted by Gasteiger charge is -2.12. The molecule has 2 rings (SSSR count). The van der Waals surface area contributed by atoms with Crippen LogP contribution in [0.2, 0.25) is 0 Å². The van der Waals surface area contributed by atoms with E-state index >= 15 is 0 Å². The lowest BCUT2D eigenvalue weighted by Crippen LogP contribution is -2.14. The van der Waals surface area contributed by atoms with Gasteiger partial charge in [0.15, 0.2) is 0 Å². The number of nitrogens with zero attached hydrogens (tertiary/aromatic N) is 5. The lowest BCUT2D eigenvalue weighted by atomic mass is 10.3. The maximum Gasteiger partial charge on any atom is 0.323 e. The van der Waals surface area contributed by atoms with Crippen LogP contribution in [0.25, 0.3) is 5.95 Å². The maximum atomic E-state index is 5.61. The molecule has 7 nitrogen and oxygen atoms in total. The molecule has 0 fully saturated rings. The summed E-state index contributed by atoms with van der Waals surface area (Å²) in [5.41, 5.74) is 0. The molecule has 0 radical (unpaired) electrons. The van der Waals surface area contributed by atoms with Gasteiger partial charge in [0, 0.05) is 19.4 Å². The largest absolute Gasteiger partial charge is 0.460 e. The third-order valence-electron chi connectivity index (χ3n) is 2.44. The predicted octanol–water partition coefficient (Wildman–Crippen LogP) is 1.28. The van der Waals surface area contributed by atoms with Crippen LogP contribution in [0.4, 0.5) is 5.95 Å². The Labute approximate surface area is 105 Å². The number of rotatable bonds is 5. The van der Waals surface area contributed by atoms with Gasteiger partial charge in [-0.3, -0.25) is 4.57 Å². The Morgan fingerprint density at radius 2 is 2.22 bits per heavy atom. The van der Waals surface area contributed by atoms with Crippen molar-refractivity contribution in [3.8, 4) is 12.0 Å². The normalized spacial score (nSPS) is 12.2. The van der Waals surface area contributed by atoms with Crippen LogP contribution in [0.15, 0.2) is 18.7 Å². The van der Waals surface area contributed by atoms with Gasteiger partial charge in [-0.15, -0.1) is 0 Å². The molecule has 96 valence electrons. The van der Waals surface area contributed by atoms with Gasteiger partial charge in [0.2, 0.25) is 11.9 Å². The van der Waals surface area contributed by atoms with Gasteiger partial charge in [-0.2, -0.15) is 15.0 Å². The summed E-state index contributed by atoms with van der Waals surface area (Å²) in [7, 11) is 1.75. The van der Waals surface area contributed by atoms with Crippen LogP contribution < -0.4 is 10.1 Å². The summed E-state index contributed by atoms with van der Waals surface area (Å²) < 4.78 is 7.31. The van der Waals surface area contributed by atoms with E-state index in [9.17, 15) is 0 Å². The molecule has 0 bridgehead atoms. The quantitative estimate of drug-likeness (QED) is 0.858. The van der Waals surface area contributed by atoms with E-state index in [-0.39, 0.29) is 6.10 Å². The number of anilines is 1. The summed E-state index contributed by atoms with van der Waals surface area (Å²) in [5.74, 6) is 0.942. The van der Waals surface area contributed by atoms with Gasteiger partial charge in [-0.05, 0) is 13.3 Å². The Morgan fingerprint density at radius 3 is 2.83 bits per heavy atom. The Balaban J connectivity index is 2.33. The molecule has 0 saturated heterocycles. The van der Waals surface area contributed by atoms with Crippen molar-refractivity contribution in [2.75, 3.05) is 12.4 Å². The first-order valence-corrected chi connectivity index (χ1v) is 5.81. The molecule has 0 spiro atoms. The maximum absolute atomic E-state index is 5.61. The van der Waals surface area contributed by atoms with Gasteiger partial charge in [-0.1, -0.05) is 6.92 Å². The average Bonchev–Trinajstić information content (AvgIpc) is 2.92. The van der Waals surface area contributed by atoms with E-state index in [0.717, 1.165) is 6.42 Å². The molecule has 2 aromatic rings. The van der Waals surface area contributed by atoms with Crippen LogP contribution in [0.3, 0.4) is 0 Å². The number of nitrogens with one attached hydrogen (secondary N) is 1. The molecule has 0 aliphatic carbocycles. The molecule has 2 heterocycles. The molecule has 1 N–H and O–H groups in total.